The minimum absolute atomic E-state index is 0.167. The van der Waals surface area contributed by atoms with Crippen LogP contribution in [0.3, 0.4) is 0 Å². The highest BCUT2D eigenvalue weighted by atomic mass is 19.1. The smallest absolute Gasteiger partial charge is 0.123 e. The van der Waals surface area contributed by atoms with E-state index in [1.54, 1.807) is 12.1 Å². The summed E-state index contributed by atoms with van der Waals surface area (Å²) in [5, 5.41) is 0. The highest BCUT2D eigenvalue weighted by Crippen LogP contribution is 2.31. The van der Waals surface area contributed by atoms with E-state index in [1.165, 1.54) is 6.07 Å². The topological polar surface area (TPSA) is 35.2 Å². The first-order valence-electron chi connectivity index (χ1n) is 6.75. The van der Waals surface area contributed by atoms with Crippen LogP contribution in [-0.2, 0) is 6.42 Å². The minimum atomic E-state index is -0.186. The Morgan fingerprint density at radius 2 is 2.22 bits per heavy atom. The van der Waals surface area contributed by atoms with E-state index in [1.807, 2.05) is 0 Å². The lowest BCUT2D eigenvalue weighted by Gasteiger charge is -2.16. The van der Waals surface area contributed by atoms with Gasteiger partial charge in [-0.1, -0.05) is 13.8 Å². The maximum atomic E-state index is 13.1. The lowest BCUT2D eigenvalue weighted by molar-refractivity contribution is 0.212. The molecular weight excluding hydrogens is 229 g/mol. The van der Waals surface area contributed by atoms with Gasteiger partial charge in [0.2, 0.25) is 0 Å². The summed E-state index contributed by atoms with van der Waals surface area (Å²) < 4.78 is 18.9. The molecule has 2 rings (SSSR count). The highest BCUT2D eigenvalue weighted by Gasteiger charge is 2.23. The molecule has 0 amide bonds. The van der Waals surface area contributed by atoms with Gasteiger partial charge < -0.3 is 10.5 Å². The van der Waals surface area contributed by atoms with Gasteiger partial charge in [0.25, 0.3) is 0 Å². The Morgan fingerprint density at radius 3 is 2.94 bits per heavy atom. The van der Waals surface area contributed by atoms with Crippen LogP contribution in [0.2, 0.25) is 0 Å². The fourth-order valence-corrected chi connectivity index (χ4v) is 2.57. The predicted octanol–water partition coefficient (Wildman–Crippen LogP) is 3.28. The Bertz CT molecular complexity index is 405. The number of hydrogen-bond donors (Lipinski definition) is 1. The summed E-state index contributed by atoms with van der Waals surface area (Å²) >= 11 is 0. The molecule has 1 heterocycles. The number of hydrogen-bond acceptors (Lipinski definition) is 2. The van der Waals surface area contributed by atoms with E-state index in [4.69, 9.17) is 10.5 Å². The third-order valence-electron chi connectivity index (χ3n) is 3.40. The van der Waals surface area contributed by atoms with Crippen molar-refractivity contribution < 1.29 is 9.13 Å². The second-order valence-corrected chi connectivity index (χ2v) is 5.66. The average molecular weight is 251 g/mol. The monoisotopic (exact) mass is 251 g/mol. The third kappa shape index (κ3) is 3.45. The van der Waals surface area contributed by atoms with Crippen molar-refractivity contribution in [1.82, 2.24) is 0 Å². The number of fused-ring (bicyclic) bond motifs is 1. The standard InChI is InChI=1S/C15H22FNO/c1-10(2)7-13(17)4-5-14-9-11-8-12(16)3-6-15(11)18-14/h3,6,8,10,13-14H,4-5,7,9,17H2,1-2H3. The molecule has 0 aromatic heterocycles. The van der Waals surface area contributed by atoms with Gasteiger partial charge >= 0.3 is 0 Å². The summed E-state index contributed by atoms with van der Waals surface area (Å²) in [5.41, 5.74) is 7.05. The molecular formula is C15H22FNO. The van der Waals surface area contributed by atoms with Crippen LogP contribution in [-0.4, -0.2) is 12.1 Å². The number of halogens is 1. The van der Waals surface area contributed by atoms with Crippen LogP contribution < -0.4 is 10.5 Å². The minimum Gasteiger partial charge on any atom is -0.490 e. The van der Waals surface area contributed by atoms with Gasteiger partial charge in [-0.05, 0) is 43.4 Å². The van der Waals surface area contributed by atoms with E-state index in [2.05, 4.69) is 13.8 Å². The van der Waals surface area contributed by atoms with E-state index in [-0.39, 0.29) is 18.0 Å². The van der Waals surface area contributed by atoms with E-state index in [9.17, 15) is 4.39 Å². The number of nitrogens with two attached hydrogens (primary N) is 1. The van der Waals surface area contributed by atoms with Crippen molar-refractivity contribution in [3.63, 3.8) is 0 Å². The van der Waals surface area contributed by atoms with Crippen LogP contribution in [0.15, 0.2) is 18.2 Å². The molecule has 0 saturated heterocycles. The molecule has 3 heteroatoms. The first-order chi connectivity index (χ1) is 8.54. The molecule has 1 aromatic rings. The van der Waals surface area contributed by atoms with Crippen LogP contribution in [0.25, 0.3) is 0 Å². The van der Waals surface area contributed by atoms with Crippen molar-refractivity contribution in [1.29, 1.82) is 0 Å². The van der Waals surface area contributed by atoms with Gasteiger partial charge in [-0.25, -0.2) is 4.39 Å². The average Bonchev–Trinajstić information content (AvgIpc) is 2.67. The fraction of sp³-hybridized carbons (Fsp3) is 0.600. The predicted molar refractivity (Wildman–Crippen MR) is 71.2 cm³/mol. The molecule has 1 aliphatic rings. The zero-order valence-corrected chi connectivity index (χ0v) is 11.2. The number of ether oxygens (including phenoxy) is 1. The van der Waals surface area contributed by atoms with E-state index >= 15 is 0 Å². The maximum Gasteiger partial charge on any atom is 0.123 e. The van der Waals surface area contributed by atoms with Crippen molar-refractivity contribution in [3.8, 4) is 5.75 Å². The first-order valence-corrected chi connectivity index (χ1v) is 6.75. The van der Waals surface area contributed by atoms with Crippen LogP contribution in [0.4, 0.5) is 4.39 Å². The van der Waals surface area contributed by atoms with Gasteiger partial charge in [0.1, 0.15) is 17.7 Å². The molecule has 100 valence electrons. The second kappa shape index (κ2) is 5.70. The molecule has 0 fully saturated rings. The molecule has 1 aliphatic heterocycles. The van der Waals surface area contributed by atoms with Crippen molar-refractivity contribution in [2.45, 2.75) is 51.7 Å². The molecule has 1 aromatic carbocycles. The van der Waals surface area contributed by atoms with Gasteiger partial charge in [0.05, 0.1) is 0 Å². The largest absolute Gasteiger partial charge is 0.490 e. The Kier molecular flexibility index (Phi) is 4.23. The van der Waals surface area contributed by atoms with Gasteiger partial charge in [0.15, 0.2) is 0 Å². The summed E-state index contributed by atoms with van der Waals surface area (Å²) in [5.74, 6) is 1.28. The van der Waals surface area contributed by atoms with Gasteiger partial charge in [-0.3, -0.25) is 0 Å². The Labute approximate surface area is 108 Å². The number of rotatable bonds is 5. The van der Waals surface area contributed by atoms with E-state index < -0.39 is 0 Å². The van der Waals surface area contributed by atoms with E-state index in [0.29, 0.717) is 5.92 Å². The molecule has 2 nitrogen and oxygen atoms in total. The van der Waals surface area contributed by atoms with Gasteiger partial charge in [-0.15, -0.1) is 0 Å². The maximum absolute atomic E-state index is 13.1. The van der Waals surface area contributed by atoms with Crippen LogP contribution in [0.5, 0.6) is 5.75 Å². The molecule has 0 saturated carbocycles. The zero-order valence-electron chi connectivity index (χ0n) is 11.2. The summed E-state index contributed by atoms with van der Waals surface area (Å²) in [6.07, 6.45) is 3.94. The highest BCUT2D eigenvalue weighted by molar-refractivity contribution is 5.37. The second-order valence-electron chi connectivity index (χ2n) is 5.66. The van der Waals surface area contributed by atoms with Crippen molar-refractivity contribution in [3.05, 3.63) is 29.6 Å². The Balaban J connectivity index is 1.81. The molecule has 0 spiro atoms. The molecule has 2 N–H and O–H groups in total. The summed E-state index contributed by atoms with van der Waals surface area (Å²) in [6.45, 7) is 4.37. The first kappa shape index (κ1) is 13.3. The number of benzene rings is 1. The zero-order chi connectivity index (χ0) is 13.1. The van der Waals surface area contributed by atoms with Crippen molar-refractivity contribution in [2.24, 2.45) is 11.7 Å². The third-order valence-corrected chi connectivity index (χ3v) is 3.40. The summed E-state index contributed by atoms with van der Waals surface area (Å²) in [6, 6.07) is 4.99. The van der Waals surface area contributed by atoms with Gasteiger partial charge in [0, 0.05) is 18.0 Å². The molecule has 0 bridgehead atoms. The van der Waals surface area contributed by atoms with Crippen LogP contribution in [0, 0.1) is 11.7 Å². The Morgan fingerprint density at radius 1 is 1.44 bits per heavy atom. The SMILES string of the molecule is CC(C)CC(N)CCC1Cc2cc(F)ccc2O1. The van der Waals surface area contributed by atoms with E-state index in [0.717, 1.165) is 37.0 Å². The van der Waals surface area contributed by atoms with Crippen LogP contribution >= 0.6 is 0 Å². The molecule has 0 aliphatic carbocycles. The lowest BCUT2D eigenvalue weighted by atomic mass is 9.98. The normalized spacial score (nSPS) is 19.7. The quantitative estimate of drug-likeness (QED) is 0.871. The summed E-state index contributed by atoms with van der Waals surface area (Å²) in [7, 11) is 0. The lowest BCUT2D eigenvalue weighted by Crippen LogP contribution is -2.25. The molecule has 2 unspecified atom stereocenters. The molecule has 2 atom stereocenters. The van der Waals surface area contributed by atoms with Crippen LogP contribution in [0.1, 0.15) is 38.7 Å². The van der Waals surface area contributed by atoms with Gasteiger partial charge in [-0.2, -0.15) is 0 Å². The van der Waals surface area contributed by atoms with Crippen molar-refractivity contribution in [2.75, 3.05) is 0 Å². The molecule has 0 radical (unpaired) electrons. The fourth-order valence-electron chi connectivity index (χ4n) is 2.57. The summed E-state index contributed by atoms with van der Waals surface area (Å²) in [4.78, 5) is 0. The van der Waals surface area contributed by atoms with Crippen molar-refractivity contribution >= 4 is 0 Å². The Hall–Kier alpha value is -1.09. The molecule has 18 heavy (non-hydrogen) atoms.